The highest BCUT2D eigenvalue weighted by Gasteiger charge is 2.12. The lowest BCUT2D eigenvalue weighted by molar-refractivity contribution is 0.294. The van der Waals surface area contributed by atoms with Gasteiger partial charge in [-0.2, -0.15) is 5.10 Å². The molecule has 0 saturated carbocycles. The molecule has 0 radical (unpaired) electrons. The maximum atomic E-state index is 12.6. The van der Waals surface area contributed by atoms with E-state index >= 15 is 0 Å². The van der Waals surface area contributed by atoms with E-state index < -0.39 is 0 Å². The molecule has 0 spiro atoms. The summed E-state index contributed by atoms with van der Waals surface area (Å²) in [5.74, 6) is 1.41. The monoisotopic (exact) mass is 414 g/mol. The zero-order chi connectivity index (χ0) is 20.8. The maximum absolute atomic E-state index is 12.6. The lowest BCUT2D eigenvalue weighted by Gasteiger charge is -2.13. The molecule has 0 unspecified atom stereocenters. The number of ether oxygens (including phenoxy) is 2. The number of hydrogen-bond acceptors (Lipinski definition) is 6. The number of hydrogen-bond donors (Lipinski definition) is 1. The number of benzene rings is 2. The molecule has 0 bridgehead atoms. The molecular weight excluding hydrogens is 392 g/mol. The summed E-state index contributed by atoms with van der Waals surface area (Å²) in [5.41, 5.74) is 4.07. The standard InChI is InChI=1S/C21H23ClN4O3/c1-4-10-29-19-16(22)11-14(12-18(19)28-3)13-23-25-21-24-17-9-7-6-8-15(17)20(27)26(21)5-2/h6-9,11-13H,4-5,10H2,1-3H3,(H,24,25)/b23-13-. The van der Waals surface area contributed by atoms with E-state index in [4.69, 9.17) is 21.1 Å². The van der Waals surface area contributed by atoms with Gasteiger partial charge < -0.3 is 9.47 Å². The number of rotatable bonds is 8. The molecule has 0 aliphatic carbocycles. The highest BCUT2D eigenvalue weighted by atomic mass is 35.5. The van der Waals surface area contributed by atoms with E-state index in [-0.39, 0.29) is 5.56 Å². The van der Waals surface area contributed by atoms with Crippen molar-refractivity contribution in [2.75, 3.05) is 19.1 Å². The summed E-state index contributed by atoms with van der Waals surface area (Å²) in [6.45, 7) is 4.92. The average molecular weight is 415 g/mol. The SMILES string of the molecule is CCCOc1c(Cl)cc(/C=N\Nc2nc3ccccc3c(=O)n2CC)cc1OC. The van der Waals surface area contributed by atoms with Gasteiger partial charge in [0.25, 0.3) is 5.56 Å². The van der Waals surface area contributed by atoms with Crippen LogP contribution in [0.25, 0.3) is 10.9 Å². The molecule has 1 heterocycles. The molecule has 0 amide bonds. The fourth-order valence-electron chi connectivity index (χ4n) is 2.87. The summed E-state index contributed by atoms with van der Waals surface area (Å²) in [7, 11) is 1.56. The Morgan fingerprint density at radius 1 is 1.28 bits per heavy atom. The molecule has 29 heavy (non-hydrogen) atoms. The fraction of sp³-hybridized carbons (Fsp3) is 0.286. The minimum atomic E-state index is -0.113. The van der Waals surface area contributed by atoms with Crippen molar-refractivity contribution in [3.05, 3.63) is 57.3 Å². The van der Waals surface area contributed by atoms with E-state index in [1.807, 2.05) is 26.0 Å². The smallest absolute Gasteiger partial charge is 0.262 e. The molecule has 7 nitrogen and oxygen atoms in total. The number of fused-ring (bicyclic) bond motifs is 1. The molecule has 8 heteroatoms. The first kappa shape index (κ1) is 20.7. The number of halogens is 1. The average Bonchev–Trinajstić information content (AvgIpc) is 2.73. The van der Waals surface area contributed by atoms with Crippen molar-refractivity contribution in [3.8, 4) is 11.5 Å². The van der Waals surface area contributed by atoms with E-state index in [1.165, 1.54) is 4.57 Å². The Balaban J connectivity index is 1.88. The highest BCUT2D eigenvalue weighted by Crippen LogP contribution is 2.36. The lowest BCUT2D eigenvalue weighted by Crippen LogP contribution is -2.23. The Bertz CT molecular complexity index is 1100. The van der Waals surface area contributed by atoms with Crippen LogP contribution in [0.4, 0.5) is 5.95 Å². The minimum absolute atomic E-state index is 0.113. The summed E-state index contributed by atoms with van der Waals surface area (Å²) >= 11 is 6.33. The summed E-state index contributed by atoms with van der Waals surface area (Å²) in [6, 6.07) is 10.7. The molecule has 0 aliphatic heterocycles. The van der Waals surface area contributed by atoms with Gasteiger partial charge in [-0.3, -0.25) is 9.36 Å². The second-order valence-electron chi connectivity index (χ2n) is 6.25. The van der Waals surface area contributed by atoms with E-state index in [0.29, 0.717) is 46.5 Å². The van der Waals surface area contributed by atoms with Crippen molar-refractivity contribution in [2.45, 2.75) is 26.8 Å². The normalized spacial score (nSPS) is 11.2. The van der Waals surface area contributed by atoms with Gasteiger partial charge in [0.2, 0.25) is 5.95 Å². The van der Waals surface area contributed by atoms with Gasteiger partial charge in [-0.05, 0) is 43.2 Å². The first-order valence-corrected chi connectivity index (χ1v) is 9.75. The molecule has 0 fully saturated rings. The fourth-order valence-corrected chi connectivity index (χ4v) is 3.14. The second kappa shape index (κ2) is 9.43. The third-order valence-electron chi connectivity index (χ3n) is 4.26. The van der Waals surface area contributed by atoms with E-state index in [2.05, 4.69) is 15.5 Å². The zero-order valence-electron chi connectivity index (χ0n) is 16.6. The van der Waals surface area contributed by atoms with Gasteiger partial charge in [0.05, 0.1) is 35.9 Å². The predicted molar refractivity (Wildman–Crippen MR) is 117 cm³/mol. The van der Waals surface area contributed by atoms with Gasteiger partial charge in [0.15, 0.2) is 11.5 Å². The molecule has 0 atom stereocenters. The molecule has 3 aromatic rings. The van der Waals surface area contributed by atoms with Gasteiger partial charge in [-0.15, -0.1) is 0 Å². The molecular formula is C21H23ClN4O3. The predicted octanol–water partition coefficient (Wildman–Crippen LogP) is 4.31. The van der Waals surface area contributed by atoms with E-state index in [0.717, 1.165) is 12.0 Å². The van der Waals surface area contributed by atoms with E-state index in [1.54, 1.807) is 37.6 Å². The molecule has 1 aromatic heterocycles. The third kappa shape index (κ3) is 4.51. The van der Waals surface area contributed by atoms with Gasteiger partial charge >= 0.3 is 0 Å². The van der Waals surface area contributed by atoms with Crippen molar-refractivity contribution < 1.29 is 9.47 Å². The molecule has 152 valence electrons. The molecule has 1 N–H and O–H groups in total. The maximum Gasteiger partial charge on any atom is 0.262 e. The third-order valence-corrected chi connectivity index (χ3v) is 4.54. The Kier molecular flexibility index (Phi) is 6.72. The van der Waals surface area contributed by atoms with Crippen LogP contribution in [-0.4, -0.2) is 29.5 Å². The summed E-state index contributed by atoms with van der Waals surface area (Å²) in [4.78, 5) is 17.2. The number of methoxy groups -OCH3 is 1. The topological polar surface area (TPSA) is 77.7 Å². The minimum Gasteiger partial charge on any atom is -0.493 e. The van der Waals surface area contributed by atoms with Crippen LogP contribution < -0.4 is 20.5 Å². The highest BCUT2D eigenvalue weighted by molar-refractivity contribution is 6.32. The number of anilines is 1. The van der Waals surface area contributed by atoms with E-state index in [9.17, 15) is 4.79 Å². The lowest BCUT2D eigenvalue weighted by atomic mass is 10.2. The first-order valence-electron chi connectivity index (χ1n) is 9.38. The number of hydrazone groups is 1. The number of para-hydroxylation sites is 1. The van der Waals surface area contributed by atoms with Crippen molar-refractivity contribution in [1.82, 2.24) is 9.55 Å². The van der Waals surface area contributed by atoms with Crippen LogP contribution in [0.2, 0.25) is 5.02 Å². The molecule has 0 saturated heterocycles. The van der Waals surface area contributed by atoms with Crippen LogP contribution in [0.15, 0.2) is 46.3 Å². The number of nitrogens with zero attached hydrogens (tertiary/aromatic N) is 3. The largest absolute Gasteiger partial charge is 0.493 e. The van der Waals surface area contributed by atoms with Crippen molar-refractivity contribution in [3.63, 3.8) is 0 Å². The second-order valence-corrected chi connectivity index (χ2v) is 6.66. The molecule has 0 aliphatic rings. The van der Waals surface area contributed by atoms with Gasteiger partial charge in [0.1, 0.15) is 0 Å². The van der Waals surface area contributed by atoms with Crippen LogP contribution >= 0.6 is 11.6 Å². The van der Waals surface area contributed by atoms with Gasteiger partial charge in [0, 0.05) is 6.54 Å². The Labute approximate surface area is 173 Å². The Hall–Kier alpha value is -3.06. The van der Waals surface area contributed by atoms with Crippen LogP contribution in [0.3, 0.4) is 0 Å². The summed E-state index contributed by atoms with van der Waals surface area (Å²) in [6.07, 6.45) is 2.45. The number of nitrogens with one attached hydrogen (secondary N) is 1. The molecule has 3 rings (SSSR count). The summed E-state index contributed by atoms with van der Waals surface area (Å²) < 4.78 is 12.6. The quantitative estimate of drug-likeness (QED) is 0.439. The van der Waals surface area contributed by atoms with Crippen LogP contribution in [0.1, 0.15) is 25.8 Å². The first-order chi connectivity index (χ1) is 14.1. The van der Waals surface area contributed by atoms with Crippen LogP contribution in [-0.2, 0) is 6.54 Å². The van der Waals surface area contributed by atoms with Crippen molar-refractivity contribution in [2.24, 2.45) is 5.10 Å². The Morgan fingerprint density at radius 3 is 2.79 bits per heavy atom. The van der Waals surface area contributed by atoms with Gasteiger partial charge in [-0.1, -0.05) is 30.7 Å². The van der Waals surface area contributed by atoms with Crippen LogP contribution in [0, 0.1) is 0 Å². The number of aromatic nitrogens is 2. The zero-order valence-corrected chi connectivity index (χ0v) is 17.4. The van der Waals surface area contributed by atoms with Crippen molar-refractivity contribution in [1.29, 1.82) is 0 Å². The molecule has 2 aromatic carbocycles. The van der Waals surface area contributed by atoms with Gasteiger partial charge in [-0.25, -0.2) is 10.4 Å². The van der Waals surface area contributed by atoms with Crippen molar-refractivity contribution >= 4 is 34.7 Å². The summed E-state index contributed by atoms with van der Waals surface area (Å²) in [5, 5.41) is 5.24. The van der Waals surface area contributed by atoms with Crippen LogP contribution in [0.5, 0.6) is 11.5 Å². The Morgan fingerprint density at radius 2 is 2.07 bits per heavy atom.